The van der Waals surface area contributed by atoms with Crippen LogP contribution in [0.4, 0.5) is 0 Å². The standard InChI is InChI=1S/C18H29NO6S2/c1-3-4-11-27(23,24)18-12-16(13-20)5-6-17(18)25-14-15-7-9-19(10-8-15)26(2,21)22/h5-6,12,15,20H,3-4,7-11,13-14H2,1-2H3. The van der Waals surface area contributed by atoms with Crippen molar-refractivity contribution in [3.63, 3.8) is 0 Å². The number of benzene rings is 1. The van der Waals surface area contributed by atoms with Crippen LogP contribution >= 0.6 is 0 Å². The minimum Gasteiger partial charge on any atom is -0.492 e. The Morgan fingerprint density at radius 2 is 1.85 bits per heavy atom. The molecule has 1 saturated heterocycles. The normalized spacial score (nSPS) is 17.1. The van der Waals surface area contributed by atoms with Crippen LogP contribution in [0.15, 0.2) is 23.1 Å². The van der Waals surface area contributed by atoms with Gasteiger partial charge in [-0.05, 0) is 42.9 Å². The van der Waals surface area contributed by atoms with Crippen LogP contribution in [0.2, 0.25) is 0 Å². The van der Waals surface area contributed by atoms with Crippen LogP contribution in [0.25, 0.3) is 0 Å². The maximum atomic E-state index is 12.6. The van der Waals surface area contributed by atoms with Crippen LogP contribution in [0.1, 0.15) is 38.2 Å². The molecule has 0 aliphatic carbocycles. The van der Waals surface area contributed by atoms with Crippen molar-refractivity contribution >= 4 is 19.9 Å². The van der Waals surface area contributed by atoms with Crippen molar-refractivity contribution in [1.29, 1.82) is 0 Å². The first kappa shape index (κ1) is 22.1. The summed E-state index contributed by atoms with van der Waals surface area (Å²) in [6, 6.07) is 4.73. The summed E-state index contributed by atoms with van der Waals surface area (Å²) in [6.07, 6.45) is 3.91. The zero-order valence-corrected chi connectivity index (χ0v) is 17.6. The first-order valence-corrected chi connectivity index (χ1v) is 12.7. The highest BCUT2D eigenvalue weighted by Gasteiger charge is 2.26. The molecule has 1 aliphatic heterocycles. The third-order valence-electron chi connectivity index (χ3n) is 4.81. The molecule has 2 rings (SSSR count). The minimum absolute atomic E-state index is 0.0431. The largest absolute Gasteiger partial charge is 0.492 e. The van der Waals surface area contributed by atoms with E-state index in [0.29, 0.717) is 50.3 Å². The van der Waals surface area contributed by atoms with Gasteiger partial charge in [0.1, 0.15) is 10.6 Å². The first-order valence-electron chi connectivity index (χ1n) is 9.22. The van der Waals surface area contributed by atoms with Crippen molar-refractivity contribution in [3.05, 3.63) is 23.8 Å². The number of hydrogen-bond acceptors (Lipinski definition) is 6. The van der Waals surface area contributed by atoms with E-state index in [0.717, 1.165) is 6.42 Å². The van der Waals surface area contributed by atoms with Gasteiger partial charge in [-0.1, -0.05) is 19.4 Å². The van der Waals surface area contributed by atoms with E-state index in [-0.39, 0.29) is 23.2 Å². The molecule has 0 amide bonds. The molecule has 1 aromatic carbocycles. The molecule has 0 aromatic heterocycles. The molecule has 9 heteroatoms. The van der Waals surface area contributed by atoms with Gasteiger partial charge in [-0.25, -0.2) is 21.1 Å². The average molecular weight is 420 g/mol. The van der Waals surface area contributed by atoms with Gasteiger partial charge in [0.2, 0.25) is 10.0 Å². The molecule has 1 N–H and O–H groups in total. The Bertz CT molecular complexity index is 827. The molecule has 7 nitrogen and oxygen atoms in total. The lowest BCUT2D eigenvalue weighted by Crippen LogP contribution is -2.39. The molecular formula is C18H29NO6S2. The highest BCUT2D eigenvalue weighted by molar-refractivity contribution is 7.91. The van der Waals surface area contributed by atoms with Crippen molar-refractivity contribution in [2.45, 2.75) is 44.1 Å². The van der Waals surface area contributed by atoms with Crippen LogP contribution in [0, 0.1) is 5.92 Å². The third-order valence-corrected chi connectivity index (χ3v) is 7.93. The Labute approximate surface area is 162 Å². The number of rotatable bonds is 9. The van der Waals surface area contributed by atoms with E-state index < -0.39 is 19.9 Å². The molecule has 0 spiro atoms. The summed E-state index contributed by atoms with van der Waals surface area (Å²) in [5.74, 6) is 0.516. The second kappa shape index (κ2) is 9.36. The Kier molecular flexibility index (Phi) is 7.67. The zero-order chi connectivity index (χ0) is 20.1. The smallest absolute Gasteiger partial charge is 0.211 e. The number of unbranched alkanes of at least 4 members (excludes halogenated alkanes) is 1. The zero-order valence-electron chi connectivity index (χ0n) is 15.9. The van der Waals surface area contributed by atoms with E-state index in [9.17, 15) is 21.9 Å². The molecule has 0 radical (unpaired) electrons. The van der Waals surface area contributed by atoms with Crippen LogP contribution in [-0.2, 0) is 26.5 Å². The molecule has 1 aliphatic rings. The Hall–Kier alpha value is -1.16. The summed E-state index contributed by atoms with van der Waals surface area (Å²) >= 11 is 0. The van der Waals surface area contributed by atoms with Crippen LogP contribution in [0.5, 0.6) is 5.75 Å². The number of aliphatic hydroxyl groups excluding tert-OH is 1. The lowest BCUT2D eigenvalue weighted by atomic mass is 9.99. The van der Waals surface area contributed by atoms with Gasteiger partial charge < -0.3 is 9.84 Å². The van der Waals surface area contributed by atoms with E-state index >= 15 is 0 Å². The topological polar surface area (TPSA) is 101 Å². The van der Waals surface area contributed by atoms with E-state index in [4.69, 9.17) is 4.74 Å². The van der Waals surface area contributed by atoms with E-state index in [1.807, 2.05) is 6.92 Å². The number of nitrogens with zero attached hydrogens (tertiary/aromatic N) is 1. The third kappa shape index (κ3) is 6.17. The van der Waals surface area contributed by atoms with E-state index in [1.165, 1.54) is 16.6 Å². The first-order chi connectivity index (χ1) is 12.7. The average Bonchev–Trinajstić information content (AvgIpc) is 2.64. The second-order valence-corrected chi connectivity index (χ2v) is 11.1. The number of sulfonamides is 1. The number of sulfone groups is 1. The van der Waals surface area contributed by atoms with Crippen molar-refractivity contribution in [2.24, 2.45) is 5.92 Å². The number of piperidine rings is 1. The molecule has 0 bridgehead atoms. The molecule has 1 aromatic rings. The van der Waals surface area contributed by atoms with Crippen LogP contribution in [0.3, 0.4) is 0 Å². The fourth-order valence-electron chi connectivity index (χ4n) is 3.07. The monoisotopic (exact) mass is 419 g/mol. The maximum Gasteiger partial charge on any atom is 0.211 e. The Morgan fingerprint density at radius 1 is 1.19 bits per heavy atom. The lowest BCUT2D eigenvalue weighted by molar-refractivity contribution is 0.182. The predicted molar refractivity (Wildman–Crippen MR) is 104 cm³/mol. The van der Waals surface area contributed by atoms with Gasteiger partial charge in [-0.15, -0.1) is 0 Å². The van der Waals surface area contributed by atoms with E-state index in [2.05, 4.69) is 0 Å². The highest BCUT2D eigenvalue weighted by Crippen LogP contribution is 2.29. The lowest BCUT2D eigenvalue weighted by Gasteiger charge is -2.30. The number of aliphatic hydroxyl groups is 1. The van der Waals surface area contributed by atoms with Gasteiger partial charge in [-0.3, -0.25) is 0 Å². The molecular weight excluding hydrogens is 390 g/mol. The maximum absolute atomic E-state index is 12.6. The quantitative estimate of drug-likeness (QED) is 0.655. The molecule has 1 fully saturated rings. The second-order valence-electron chi connectivity index (χ2n) is 7.03. The van der Waals surface area contributed by atoms with Crippen molar-refractivity contribution in [3.8, 4) is 5.75 Å². The molecule has 1 heterocycles. The number of hydrogen-bond donors (Lipinski definition) is 1. The van der Waals surface area contributed by atoms with Crippen molar-refractivity contribution in [2.75, 3.05) is 31.7 Å². The summed E-state index contributed by atoms with van der Waals surface area (Å²) < 4.78 is 55.8. The molecule has 0 saturated carbocycles. The summed E-state index contributed by atoms with van der Waals surface area (Å²) in [5.41, 5.74) is 0.527. The van der Waals surface area contributed by atoms with Gasteiger partial charge in [0, 0.05) is 13.1 Å². The summed E-state index contributed by atoms with van der Waals surface area (Å²) in [6.45, 7) is 2.95. The summed E-state index contributed by atoms with van der Waals surface area (Å²) in [4.78, 5) is 0.121. The molecule has 0 unspecified atom stereocenters. The SMILES string of the molecule is CCCCS(=O)(=O)c1cc(CO)ccc1OCC1CCN(S(C)(=O)=O)CC1. The number of ether oxygens (including phenoxy) is 1. The van der Waals surface area contributed by atoms with E-state index in [1.54, 1.807) is 12.1 Å². The van der Waals surface area contributed by atoms with Gasteiger partial charge in [0.25, 0.3) is 0 Å². The van der Waals surface area contributed by atoms with Gasteiger partial charge >= 0.3 is 0 Å². The molecule has 0 atom stereocenters. The van der Waals surface area contributed by atoms with Crippen molar-refractivity contribution < 1.29 is 26.7 Å². The Morgan fingerprint density at radius 3 is 2.41 bits per heavy atom. The van der Waals surface area contributed by atoms with Gasteiger partial charge in [0.05, 0.1) is 25.2 Å². The van der Waals surface area contributed by atoms with Crippen LogP contribution in [-0.4, -0.2) is 58.0 Å². The molecule has 27 heavy (non-hydrogen) atoms. The van der Waals surface area contributed by atoms with Gasteiger partial charge in [0.15, 0.2) is 9.84 Å². The van der Waals surface area contributed by atoms with Crippen LogP contribution < -0.4 is 4.74 Å². The fourth-order valence-corrected chi connectivity index (χ4v) is 5.60. The summed E-state index contributed by atoms with van der Waals surface area (Å²) in [7, 11) is -6.66. The minimum atomic E-state index is -3.49. The fraction of sp³-hybridized carbons (Fsp3) is 0.667. The predicted octanol–water partition coefficient (Wildman–Crippen LogP) is 1.80. The Balaban J connectivity index is 2.08. The highest BCUT2D eigenvalue weighted by atomic mass is 32.2. The van der Waals surface area contributed by atoms with Crippen molar-refractivity contribution in [1.82, 2.24) is 4.31 Å². The molecule has 154 valence electrons. The van der Waals surface area contributed by atoms with Gasteiger partial charge in [-0.2, -0.15) is 0 Å². The summed E-state index contributed by atoms with van der Waals surface area (Å²) in [5, 5.41) is 9.33.